The normalized spacial score (nSPS) is 14.5. The van der Waals surface area contributed by atoms with E-state index in [9.17, 15) is 9.59 Å². The average Bonchev–Trinajstić information content (AvgIpc) is 2.64. The topological polar surface area (TPSA) is 53.5 Å². The second kappa shape index (κ2) is 7.57. The third-order valence-corrected chi connectivity index (χ3v) is 4.63. The largest absolute Gasteiger partial charge is 0.339 e. The lowest BCUT2D eigenvalue weighted by molar-refractivity contribution is -0.131. The quantitative estimate of drug-likeness (QED) is 0.812. The maximum Gasteiger partial charge on any atom is 0.255 e. The monoisotopic (exact) mass is 387 g/mol. The van der Waals surface area contributed by atoms with Crippen LogP contribution in [-0.4, -0.2) is 52.8 Å². The summed E-state index contributed by atoms with van der Waals surface area (Å²) >= 11 is 3.39. The summed E-state index contributed by atoms with van der Waals surface area (Å²) in [4.78, 5) is 32.4. The lowest BCUT2D eigenvalue weighted by Crippen LogP contribution is -2.51. The molecule has 0 unspecified atom stereocenters. The van der Waals surface area contributed by atoms with Gasteiger partial charge in [-0.15, -0.1) is 0 Å². The van der Waals surface area contributed by atoms with Crippen molar-refractivity contribution in [2.75, 3.05) is 26.2 Å². The predicted molar refractivity (Wildman–Crippen MR) is 94.6 cm³/mol. The van der Waals surface area contributed by atoms with Gasteiger partial charge in [-0.25, -0.2) is 0 Å². The summed E-state index contributed by atoms with van der Waals surface area (Å²) in [5.41, 5.74) is 1.59. The van der Waals surface area contributed by atoms with Crippen LogP contribution in [0.1, 0.15) is 15.9 Å². The molecule has 0 spiro atoms. The first-order valence-electron chi connectivity index (χ1n) is 7.85. The molecule has 6 heteroatoms. The summed E-state index contributed by atoms with van der Waals surface area (Å²) in [7, 11) is 0. The number of carbonyl (C=O) groups excluding carboxylic acids is 2. The molecule has 0 bridgehead atoms. The van der Waals surface area contributed by atoms with E-state index < -0.39 is 0 Å². The van der Waals surface area contributed by atoms with Gasteiger partial charge in [0.25, 0.3) is 5.91 Å². The number of benzene rings is 1. The number of rotatable bonds is 3. The van der Waals surface area contributed by atoms with E-state index in [4.69, 9.17) is 0 Å². The molecule has 1 saturated heterocycles. The Bertz CT molecular complexity index is 711. The Morgan fingerprint density at radius 3 is 2.29 bits per heavy atom. The maximum absolute atomic E-state index is 12.4. The van der Waals surface area contributed by atoms with E-state index in [1.165, 1.54) is 0 Å². The smallest absolute Gasteiger partial charge is 0.255 e. The van der Waals surface area contributed by atoms with E-state index in [-0.39, 0.29) is 11.8 Å². The highest BCUT2D eigenvalue weighted by molar-refractivity contribution is 9.10. The molecular weight excluding hydrogens is 370 g/mol. The minimum atomic E-state index is -0.0249. The molecule has 0 aliphatic carbocycles. The Hall–Kier alpha value is -2.21. The lowest BCUT2D eigenvalue weighted by atomic mass is 10.1. The summed E-state index contributed by atoms with van der Waals surface area (Å²) in [5.74, 6) is 0.0777. The van der Waals surface area contributed by atoms with Gasteiger partial charge < -0.3 is 9.80 Å². The Balaban J connectivity index is 1.54. The third-order valence-electron chi connectivity index (χ3n) is 4.10. The van der Waals surface area contributed by atoms with E-state index in [1.807, 2.05) is 29.2 Å². The number of nitrogens with zero attached hydrogens (tertiary/aromatic N) is 3. The van der Waals surface area contributed by atoms with Crippen LogP contribution in [0.2, 0.25) is 0 Å². The van der Waals surface area contributed by atoms with Gasteiger partial charge in [-0.1, -0.05) is 28.1 Å². The van der Waals surface area contributed by atoms with Gasteiger partial charge in [0.15, 0.2) is 0 Å². The molecule has 24 heavy (non-hydrogen) atoms. The van der Waals surface area contributed by atoms with E-state index in [0.717, 1.165) is 10.0 Å². The highest BCUT2D eigenvalue weighted by Gasteiger charge is 2.24. The highest BCUT2D eigenvalue weighted by Crippen LogP contribution is 2.13. The zero-order valence-corrected chi connectivity index (χ0v) is 14.8. The van der Waals surface area contributed by atoms with Crippen molar-refractivity contribution in [3.05, 3.63) is 64.4 Å². The molecule has 3 rings (SSSR count). The molecule has 0 N–H and O–H groups in total. The highest BCUT2D eigenvalue weighted by atomic mass is 79.9. The fraction of sp³-hybridized carbons (Fsp3) is 0.278. The molecule has 5 nitrogen and oxygen atoms in total. The molecule has 2 heterocycles. The summed E-state index contributed by atoms with van der Waals surface area (Å²) in [6.07, 6.45) is 3.62. The molecule has 1 aromatic heterocycles. The minimum Gasteiger partial charge on any atom is -0.339 e. The van der Waals surface area contributed by atoms with Gasteiger partial charge in [0.05, 0.1) is 12.0 Å². The summed E-state index contributed by atoms with van der Waals surface area (Å²) < 4.78 is 1.00. The number of aromatic nitrogens is 1. The van der Waals surface area contributed by atoms with E-state index in [2.05, 4.69) is 20.9 Å². The average molecular weight is 388 g/mol. The molecule has 2 aromatic rings. The van der Waals surface area contributed by atoms with Crippen LogP contribution < -0.4 is 0 Å². The number of hydrogen-bond donors (Lipinski definition) is 0. The molecular formula is C18H18BrN3O2. The minimum absolute atomic E-state index is 0.0249. The first kappa shape index (κ1) is 16.6. The van der Waals surface area contributed by atoms with Crippen molar-refractivity contribution in [2.24, 2.45) is 0 Å². The molecule has 0 atom stereocenters. The van der Waals surface area contributed by atoms with Gasteiger partial charge in [-0.3, -0.25) is 14.6 Å². The van der Waals surface area contributed by atoms with Crippen molar-refractivity contribution in [1.82, 2.24) is 14.8 Å². The summed E-state index contributed by atoms with van der Waals surface area (Å²) in [5, 5.41) is 0. The lowest BCUT2D eigenvalue weighted by Gasteiger charge is -2.34. The molecule has 2 amide bonds. The third kappa shape index (κ3) is 4.00. The molecule has 1 aliphatic heterocycles. The molecule has 1 aliphatic rings. The maximum atomic E-state index is 12.4. The number of piperazine rings is 1. The fourth-order valence-corrected chi connectivity index (χ4v) is 2.98. The number of halogens is 1. The predicted octanol–water partition coefficient (Wildman–Crippen LogP) is 2.37. The van der Waals surface area contributed by atoms with Crippen molar-refractivity contribution in [2.45, 2.75) is 6.42 Å². The molecule has 1 aromatic carbocycles. The van der Waals surface area contributed by atoms with Crippen molar-refractivity contribution < 1.29 is 9.59 Å². The van der Waals surface area contributed by atoms with Crippen LogP contribution in [-0.2, 0) is 11.2 Å². The van der Waals surface area contributed by atoms with Gasteiger partial charge in [0.2, 0.25) is 5.91 Å². The van der Waals surface area contributed by atoms with E-state index in [1.54, 1.807) is 29.4 Å². The van der Waals surface area contributed by atoms with Crippen molar-refractivity contribution in [3.8, 4) is 0 Å². The van der Waals surface area contributed by atoms with Crippen molar-refractivity contribution in [1.29, 1.82) is 0 Å². The zero-order chi connectivity index (χ0) is 16.9. The van der Waals surface area contributed by atoms with Gasteiger partial charge in [-0.05, 0) is 29.8 Å². The van der Waals surface area contributed by atoms with Crippen molar-refractivity contribution in [3.63, 3.8) is 0 Å². The summed E-state index contributed by atoms with van der Waals surface area (Å²) in [6.45, 7) is 2.25. The van der Waals surface area contributed by atoms with E-state index in [0.29, 0.717) is 38.2 Å². The number of carbonyl (C=O) groups is 2. The van der Waals surface area contributed by atoms with Crippen LogP contribution in [0.15, 0.2) is 53.3 Å². The Morgan fingerprint density at radius 2 is 1.67 bits per heavy atom. The summed E-state index contributed by atoms with van der Waals surface area (Å²) in [6, 6.07) is 11.3. The van der Waals surface area contributed by atoms with Crippen molar-refractivity contribution >= 4 is 27.7 Å². The van der Waals surface area contributed by atoms with Crippen LogP contribution in [0.5, 0.6) is 0 Å². The second-order valence-electron chi connectivity index (χ2n) is 5.72. The van der Waals surface area contributed by atoms with Crippen LogP contribution >= 0.6 is 15.9 Å². The number of pyridine rings is 1. The number of hydrogen-bond acceptors (Lipinski definition) is 3. The van der Waals surface area contributed by atoms with E-state index >= 15 is 0 Å². The SMILES string of the molecule is O=C(Cc1ccc(Br)cc1)N1CCN(C(=O)c2cccnc2)CC1. The standard InChI is InChI=1S/C18H18BrN3O2/c19-16-5-3-14(4-6-16)12-17(23)21-8-10-22(11-9-21)18(24)15-2-1-7-20-13-15/h1-7,13H,8-12H2. The zero-order valence-electron chi connectivity index (χ0n) is 13.2. The first-order valence-corrected chi connectivity index (χ1v) is 8.64. The van der Waals surface area contributed by atoms with Gasteiger partial charge in [0, 0.05) is 43.0 Å². The first-order chi connectivity index (χ1) is 11.6. The van der Waals surface area contributed by atoms with Gasteiger partial charge in [-0.2, -0.15) is 0 Å². The molecule has 0 radical (unpaired) electrons. The Morgan fingerprint density at radius 1 is 1.00 bits per heavy atom. The van der Waals surface area contributed by atoms with Crippen LogP contribution in [0.4, 0.5) is 0 Å². The van der Waals surface area contributed by atoms with Gasteiger partial charge in [0.1, 0.15) is 0 Å². The Labute approximate surface area is 149 Å². The van der Waals surface area contributed by atoms with Crippen LogP contribution in [0, 0.1) is 0 Å². The number of amides is 2. The molecule has 1 fully saturated rings. The Kier molecular flexibility index (Phi) is 5.25. The van der Waals surface area contributed by atoms with Crippen LogP contribution in [0.25, 0.3) is 0 Å². The molecule has 0 saturated carbocycles. The van der Waals surface area contributed by atoms with Crippen LogP contribution in [0.3, 0.4) is 0 Å². The fourth-order valence-electron chi connectivity index (χ4n) is 2.72. The van der Waals surface area contributed by atoms with Gasteiger partial charge >= 0.3 is 0 Å². The molecule has 124 valence electrons. The second-order valence-corrected chi connectivity index (χ2v) is 6.63.